The average Bonchev–Trinajstić information content (AvgIpc) is 3.34. The van der Waals surface area contributed by atoms with Crippen molar-refractivity contribution >= 4 is 17.9 Å². The Labute approximate surface area is 241 Å². The van der Waals surface area contributed by atoms with Gasteiger partial charge < -0.3 is 14.2 Å². The lowest BCUT2D eigenvalue weighted by Gasteiger charge is -2.15. The van der Waals surface area contributed by atoms with Crippen LogP contribution >= 0.6 is 0 Å². The quantitative estimate of drug-likeness (QED) is 0.157. The largest absolute Gasteiger partial charge is 0.462 e. The van der Waals surface area contributed by atoms with E-state index in [9.17, 15) is 14.4 Å². The van der Waals surface area contributed by atoms with Gasteiger partial charge in [0.1, 0.15) is 0 Å². The maximum Gasteiger partial charge on any atom is 0.338 e. The first-order valence-electron chi connectivity index (χ1n) is 13.4. The molecule has 0 amide bonds. The van der Waals surface area contributed by atoms with Gasteiger partial charge in [-0.3, -0.25) is 0 Å². The Hall–Kier alpha value is -4.71. The average molecular weight is 551 g/mol. The highest BCUT2D eigenvalue weighted by Crippen LogP contribution is 2.39. The Morgan fingerprint density at radius 1 is 0.732 bits per heavy atom. The van der Waals surface area contributed by atoms with Crippen molar-refractivity contribution in [3.8, 4) is 33.8 Å². The zero-order valence-electron chi connectivity index (χ0n) is 24.0. The molecule has 1 unspecified atom stereocenters. The maximum atomic E-state index is 12.3. The smallest absolute Gasteiger partial charge is 0.338 e. The third-order valence-corrected chi connectivity index (χ3v) is 7.03. The minimum absolute atomic E-state index is 0.115. The molecule has 0 N–H and O–H groups in total. The van der Waals surface area contributed by atoms with E-state index in [1.165, 1.54) is 11.1 Å². The number of esters is 3. The highest BCUT2D eigenvalue weighted by molar-refractivity contribution is 5.91. The predicted octanol–water partition coefficient (Wildman–Crippen LogP) is 7.44. The molecule has 210 valence electrons. The van der Waals surface area contributed by atoms with E-state index in [1.54, 1.807) is 39.0 Å². The van der Waals surface area contributed by atoms with Crippen LogP contribution in [0.25, 0.3) is 22.3 Å². The number of aryl methyl sites for hydroxylation is 2. The topological polar surface area (TPSA) is 78.9 Å². The van der Waals surface area contributed by atoms with Crippen molar-refractivity contribution in [2.24, 2.45) is 0 Å². The predicted molar refractivity (Wildman–Crippen MR) is 160 cm³/mol. The molecule has 1 aliphatic carbocycles. The molecular weight excluding hydrogens is 516 g/mol. The molecule has 0 heterocycles. The molecule has 6 heteroatoms. The normalized spacial score (nSPS) is 13.6. The van der Waals surface area contributed by atoms with E-state index in [4.69, 9.17) is 14.2 Å². The second-order valence-corrected chi connectivity index (χ2v) is 10.6. The lowest BCUT2D eigenvalue weighted by atomic mass is 9.92. The summed E-state index contributed by atoms with van der Waals surface area (Å²) in [6.07, 6.45) is 1.90. The molecule has 1 atom stereocenters. The molecule has 6 nitrogen and oxygen atoms in total. The Morgan fingerprint density at radius 2 is 1.32 bits per heavy atom. The first-order chi connectivity index (χ1) is 19.4. The molecule has 0 aliphatic heterocycles. The van der Waals surface area contributed by atoms with Gasteiger partial charge in [0.2, 0.25) is 0 Å². The van der Waals surface area contributed by atoms with Gasteiger partial charge in [0.25, 0.3) is 0 Å². The van der Waals surface area contributed by atoms with Gasteiger partial charge in [-0.1, -0.05) is 62.2 Å². The molecule has 4 rings (SSSR count). The first kappa shape index (κ1) is 29.3. The van der Waals surface area contributed by atoms with Crippen LogP contribution in [0.4, 0.5) is 0 Å². The molecule has 0 bridgehead atoms. The molecule has 0 radical (unpaired) electrons. The van der Waals surface area contributed by atoms with Gasteiger partial charge in [0, 0.05) is 22.6 Å². The van der Waals surface area contributed by atoms with Crippen LogP contribution in [0.15, 0.2) is 91.1 Å². The minimum atomic E-state index is -0.620. The summed E-state index contributed by atoms with van der Waals surface area (Å²) in [5.74, 6) is -1.21. The van der Waals surface area contributed by atoms with Gasteiger partial charge in [0.05, 0.1) is 6.61 Å². The van der Waals surface area contributed by atoms with Gasteiger partial charge in [-0.05, 0) is 91.6 Å². The number of ether oxygens (including phenoxy) is 3. The fraction of sp³-hybridized carbons (Fsp3) is 0.229. The fourth-order valence-electron chi connectivity index (χ4n) is 4.72. The van der Waals surface area contributed by atoms with Gasteiger partial charge in [0.15, 0.2) is 11.5 Å². The maximum absolute atomic E-state index is 12.3. The highest BCUT2D eigenvalue weighted by Gasteiger charge is 2.25. The summed E-state index contributed by atoms with van der Waals surface area (Å²) in [6.45, 7) is 18.0. The van der Waals surface area contributed by atoms with E-state index in [0.29, 0.717) is 12.2 Å². The molecule has 0 fully saturated rings. The van der Waals surface area contributed by atoms with E-state index in [1.807, 2.05) is 13.0 Å². The van der Waals surface area contributed by atoms with Gasteiger partial charge in [-0.15, -0.1) is 0 Å². The monoisotopic (exact) mass is 550 g/mol. The van der Waals surface area contributed by atoms with Gasteiger partial charge >= 0.3 is 17.9 Å². The van der Waals surface area contributed by atoms with Crippen molar-refractivity contribution in [2.45, 2.75) is 46.5 Å². The number of benzene rings is 3. The number of rotatable bonds is 9. The zero-order valence-corrected chi connectivity index (χ0v) is 24.0. The van der Waals surface area contributed by atoms with Crippen LogP contribution in [0.3, 0.4) is 0 Å². The summed E-state index contributed by atoms with van der Waals surface area (Å²) in [4.78, 5) is 36.3. The van der Waals surface area contributed by atoms with Crippen molar-refractivity contribution < 1.29 is 28.6 Å². The molecular formula is C35H34O6. The summed E-state index contributed by atoms with van der Waals surface area (Å²) in [7, 11) is 0. The summed E-state index contributed by atoms with van der Waals surface area (Å²) in [6, 6.07) is 17.7. The Kier molecular flexibility index (Phi) is 8.72. The summed E-state index contributed by atoms with van der Waals surface area (Å²) in [5, 5.41) is 0. The number of fused-ring (bicyclic) bond motifs is 1. The van der Waals surface area contributed by atoms with Crippen molar-refractivity contribution in [1.82, 2.24) is 0 Å². The second kappa shape index (κ2) is 12.2. The molecule has 3 aromatic carbocycles. The Morgan fingerprint density at radius 3 is 1.95 bits per heavy atom. The minimum Gasteiger partial charge on any atom is -0.462 e. The van der Waals surface area contributed by atoms with Crippen LogP contribution in [-0.4, -0.2) is 24.5 Å². The van der Waals surface area contributed by atoms with Crippen molar-refractivity contribution in [1.29, 1.82) is 0 Å². The van der Waals surface area contributed by atoms with Gasteiger partial charge in [-0.2, -0.15) is 0 Å². The fourth-order valence-corrected chi connectivity index (χ4v) is 4.72. The molecule has 1 aliphatic rings. The van der Waals surface area contributed by atoms with Crippen LogP contribution in [0.5, 0.6) is 11.5 Å². The lowest BCUT2D eigenvalue weighted by Crippen LogP contribution is -2.12. The number of carbonyl (C=O) groups excluding carboxylic acids is 3. The van der Waals surface area contributed by atoms with E-state index >= 15 is 0 Å². The number of hydrogen-bond donors (Lipinski definition) is 0. The van der Waals surface area contributed by atoms with E-state index in [2.05, 4.69) is 50.1 Å². The third kappa shape index (κ3) is 6.72. The molecule has 0 saturated heterocycles. The molecule has 41 heavy (non-hydrogen) atoms. The van der Waals surface area contributed by atoms with Crippen molar-refractivity contribution in [3.05, 3.63) is 108 Å². The summed E-state index contributed by atoms with van der Waals surface area (Å²) < 4.78 is 16.3. The van der Waals surface area contributed by atoms with Gasteiger partial charge in [-0.25, -0.2) is 14.4 Å². The SMILES string of the molecule is C=C(C)C(=O)OCC1CCc2ccc(-c3ccc(-c4ccc(OC(=O)C(=C)C)c(OC(=O)C(=C)C)c4)cc3C)cc21. The van der Waals surface area contributed by atoms with E-state index in [-0.39, 0.29) is 34.5 Å². The molecule has 0 aromatic heterocycles. The van der Waals surface area contributed by atoms with Crippen molar-refractivity contribution in [3.63, 3.8) is 0 Å². The van der Waals surface area contributed by atoms with Crippen LogP contribution in [-0.2, 0) is 25.5 Å². The van der Waals surface area contributed by atoms with Crippen LogP contribution in [0.1, 0.15) is 49.8 Å². The lowest BCUT2D eigenvalue weighted by molar-refractivity contribution is -0.139. The van der Waals surface area contributed by atoms with Crippen LogP contribution < -0.4 is 9.47 Å². The second-order valence-electron chi connectivity index (χ2n) is 10.6. The van der Waals surface area contributed by atoms with Crippen LogP contribution in [0, 0.1) is 6.92 Å². The first-order valence-corrected chi connectivity index (χ1v) is 13.4. The number of carbonyl (C=O) groups is 3. The van der Waals surface area contributed by atoms with E-state index in [0.717, 1.165) is 40.7 Å². The Balaban J connectivity index is 1.62. The standard InChI is InChI=1S/C35H34O6/c1-20(2)33(36)39-19-28-11-9-24-8-10-27(17-30(24)28)29-14-12-25(16-23(29)7)26-13-15-31(40-34(37)21(3)4)32(18-26)41-35(38)22(5)6/h8,10,12-18,28H,1,3,5,9,11,19H2,2,4,6-7H3. The third-order valence-electron chi connectivity index (χ3n) is 7.03. The Bertz CT molecular complexity index is 1590. The van der Waals surface area contributed by atoms with Crippen molar-refractivity contribution in [2.75, 3.05) is 6.61 Å². The highest BCUT2D eigenvalue weighted by atomic mass is 16.6. The van der Waals surface area contributed by atoms with Crippen LogP contribution in [0.2, 0.25) is 0 Å². The summed E-state index contributed by atoms with van der Waals surface area (Å²) in [5.41, 5.74) is 8.26. The molecule has 0 saturated carbocycles. The summed E-state index contributed by atoms with van der Waals surface area (Å²) >= 11 is 0. The zero-order chi connectivity index (χ0) is 29.8. The van der Waals surface area contributed by atoms with E-state index < -0.39 is 11.9 Å². The molecule has 0 spiro atoms. The molecule has 3 aromatic rings. The number of hydrogen-bond acceptors (Lipinski definition) is 6.